The zero-order valence-electron chi connectivity index (χ0n) is 11.9. The highest BCUT2D eigenvalue weighted by Crippen LogP contribution is 2.38. The molecule has 3 rings (SSSR count). The van der Waals surface area contributed by atoms with Crippen LogP contribution >= 0.6 is 11.6 Å². The number of carbonyl (C=O) groups is 1. The first-order chi connectivity index (χ1) is 9.56. The molecule has 1 unspecified atom stereocenters. The first kappa shape index (κ1) is 14.0. The van der Waals surface area contributed by atoms with Gasteiger partial charge < -0.3 is 15.2 Å². The Morgan fingerprint density at radius 3 is 2.55 bits per heavy atom. The van der Waals surface area contributed by atoms with E-state index in [0.717, 1.165) is 44.5 Å². The van der Waals surface area contributed by atoms with Crippen molar-refractivity contribution in [2.24, 2.45) is 11.7 Å². The number of hydrogen-bond donors (Lipinski definition) is 1. The Balaban J connectivity index is 1.70. The maximum Gasteiger partial charge on any atom is 0.270 e. The normalized spacial score (nSPS) is 22.1. The van der Waals surface area contributed by atoms with Crippen molar-refractivity contribution >= 4 is 17.5 Å². The predicted octanol–water partition coefficient (Wildman–Crippen LogP) is 2.68. The number of nitrogens with two attached hydrogens (primary N) is 1. The molecule has 2 aliphatic rings. The van der Waals surface area contributed by atoms with Crippen molar-refractivity contribution in [2.45, 2.75) is 44.7 Å². The van der Waals surface area contributed by atoms with Gasteiger partial charge in [0.1, 0.15) is 5.69 Å². The molecule has 1 aromatic heterocycles. The van der Waals surface area contributed by atoms with E-state index < -0.39 is 0 Å². The van der Waals surface area contributed by atoms with Crippen LogP contribution in [0.25, 0.3) is 0 Å². The van der Waals surface area contributed by atoms with Crippen LogP contribution in [0, 0.1) is 5.92 Å². The van der Waals surface area contributed by atoms with Crippen LogP contribution in [0.1, 0.15) is 49.1 Å². The fourth-order valence-corrected chi connectivity index (χ4v) is 3.27. The van der Waals surface area contributed by atoms with Crippen LogP contribution < -0.4 is 5.73 Å². The Morgan fingerprint density at radius 2 is 2.00 bits per heavy atom. The van der Waals surface area contributed by atoms with Gasteiger partial charge in [-0.2, -0.15) is 0 Å². The number of aromatic nitrogens is 1. The van der Waals surface area contributed by atoms with Gasteiger partial charge in [-0.1, -0.05) is 11.6 Å². The Kier molecular flexibility index (Phi) is 3.78. The van der Waals surface area contributed by atoms with E-state index in [9.17, 15) is 4.79 Å². The maximum atomic E-state index is 12.7. The molecule has 2 N–H and O–H groups in total. The molecule has 0 aromatic carbocycles. The SMILES string of the molecule is CC(N)C1CCN(C(=O)c2cc(Cl)cn2C2CC2)CC1. The summed E-state index contributed by atoms with van der Waals surface area (Å²) in [6, 6.07) is 2.50. The molecule has 5 heteroatoms. The fourth-order valence-electron chi connectivity index (χ4n) is 3.06. The lowest BCUT2D eigenvalue weighted by Crippen LogP contribution is -2.43. The van der Waals surface area contributed by atoms with Gasteiger partial charge in [-0.25, -0.2) is 0 Å². The topological polar surface area (TPSA) is 51.3 Å². The van der Waals surface area contributed by atoms with E-state index in [0.29, 0.717) is 17.0 Å². The van der Waals surface area contributed by atoms with Crippen LogP contribution in [0.3, 0.4) is 0 Å². The Bertz CT molecular complexity index is 499. The van der Waals surface area contributed by atoms with Crippen molar-refractivity contribution in [3.05, 3.63) is 23.0 Å². The van der Waals surface area contributed by atoms with Crippen molar-refractivity contribution < 1.29 is 4.79 Å². The first-order valence-electron chi connectivity index (χ1n) is 7.48. The Labute approximate surface area is 124 Å². The van der Waals surface area contributed by atoms with E-state index in [2.05, 4.69) is 11.5 Å². The number of rotatable bonds is 3. The number of halogens is 1. The van der Waals surface area contributed by atoms with Crippen molar-refractivity contribution in [3.63, 3.8) is 0 Å². The van der Waals surface area contributed by atoms with Gasteiger partial charge in [0.25, 0.3) is 5.91 Å². The third kappa shape index (κ3) is 2.72. The highest BCUT2D eigenvalue weighted by atomic mass is 35.5. The van der Waals surface area contributed by atoms with Gasteiger partial charge in [-0.05, 0) is 44.6 Å². The van der Waals surface area contributed by atoms with Crippen LogP contribution in [0.4, 0.5) is 0 Å². The van der Waals surface area contributed by atoms with E-state index in [1.165, 1.54) is 0 Å². The number of likely N-dealkylation sites (tertiary alicyclic amines) is 1. The maximum absolute atomic E-state index is 12.7. The molecule has 1 amide bonds. The molecule has 1 saturated carbocycles. The minimum Gasteiger partial charge on any atom is -0.339 e. The molecular formula is C15H22ClN3O. The number of carbonyl (C=O) groups excluding carboxylic acids is 1. The quantitative estimate of drug-likeness (QED) is 0.932. The lowest BCUT2D eigenvalue weighted by atomic mass is 9.91. The van der Waals surface area contributed by atoms with Crippen LogP contribution in [0.2, 0.25) is 5.02 Å². The van der Waals surface area contributed by atoms with Crippen LogP contribution in [-0.4, -0.2) is 34.5 Å². The summed E-state index contributed by atoms with van der Waals surface area (Å²) in [5.74, 6) is 0.657. The van der Waals surface area contributed by atoms with Gasteiger partial charge in [0, 0.05) is 31.4 Å². The van der Waals surface area contributed by atoms with Crippen LogP contribution in [-0.2, 0) is 0 Å². The average molecular weight is 296 g/mol. The lowest BCUT2D eigenvalue weighted by Gasteiger charge is -2.33. The average Bonchev–Trinajstić information content (AvgIpc) is 3.21. The van der Waals surface area contributed by atoms with Crippen molar-refractivity contribution in [3.8, 4) is 0 Å². The zero-order chi connectivity index (χ0) is 14.3. The molecule has 20 heavy (non-hydrogen) atoms. The van der Waals surface area contributed by atoms with Gasteiger partial charge in [-0.3, -0.25) is 4.79 Å². The van der Waals surface area contributed by atoms with Gasteiger partial charge >= 0.3 is 0 Å². The van der Waals surface area contributed by atoms with E-state index in [-0.39, 0.29) is 11.9 Å². The highest BCUT2D eigenvalue weighted by molar-refractivity contribution is 6.31. The smallest absolute Gasteiger partial charge is 0.270 e. The summed E-state index contributed by atoms with van der Waals surface area (Å²) in [4.78, 5) is 14.6. The minimum absolute atomic E-state index is 0.118. The third-order valence-electron chi connectivity index (χ3n) is 4.54. The monoisotopic (exact) mass is 295 g/mol. The summed E-state index contributed by atoms with van der Waals surface area (Å²) in [6.07, 6.45) is 6.19. The molecule has 1 saturated heterocycles. The zero-order valence-corrected chi connectivity index (χ0v) is 12.6. The standard InChI is InChI=1S/C15H22ClN3O/c1-10(17)11-4-6-18(7-5-11)15(20)14-8-12(16)9-19(14)13-2-3-13/h8-11,13H,2-7,17H2,1H3. The molecule has 0 radical (unpaired) electrons. The number of nitrogens with zero attached hydrogens (tertiary/aromatic N) is 2. The number of hydrogen-bond acceptors (Lipinski definition) is 2. The lowest BCUT2D eigenvalue weighted by molar-refractivity contribution is 0.0670. The first-order valence-corrected chi connectivity index (χ1v) is 7.86. The highest BCUT2D eigenvalue weighted by Gasteiger charge is 2.31. The molecule has 1 atom stereocenters. The van der Waals surface area contributed by atoms with Gasteiger partial charge in [0.2, 0.25) is 0 Å². The van der Waals surface area contributed by atoms with Gasteiger partial charge in [-0.15, -0.1) is 0 Å². The molecule has 2 fully saturated rings. The number of amides is 1. The second-order valence-corrected chi connectivity index (χ2v) is 6.61. The third-order valence-corrected chi connectivity index (χ3v) is 4.75. The van der Waals surface area contributed by atoms with Crippen LogP contribution in [0.15, 0.2) is 12.3 Å². The summed E-state index contributed by atoms with van der Waals surface area (Å²) in [7, 11) is 0. The molecule has 1 aliphatic heterocycles. The van der Waals surface area contributed by atoms with E-state index in [1.807, 2.05) is 11.1 Å². The molecule has 0 bridgehead atoms. The van der Waals surface area contributed by atoms with Gasteiger partial charge in [0.05, 0.1) is 5.02 Å². The summed E-state index contributed by atoms with van der Waals surface area (Å²) < 4.78 is 2.06. The summed E-state index contributed by atoms with van der Waals surface area (Å²) in [6.45, 7) is 3.66. The molecule has 1 aliphatic carbocycles. The van der Waals surface area contributed by atoms with E-state index >= 15 is 0 Å². The molecule has 1 aromatic rings. The Morgan fingerprint density at radius 1 is 1.35 bits per heavy atom. The molecule has 0 spiro atoms. The fraction of sp³-hybridized carbons (Fsp3) is 0.667. The minimum atomic E-state index is 0.118. The molecular weight excluding hydrogens is 274 g/mol. The molecule has 2 heterocycles. The van der Waals surface area contributed by atoms with Gasteiger partial charge in [0.15, 0.2) is 0 Å². The van der Waals surface area contributed by atoms with Crippen molar-refractivity contribution in [2.75, 3.05) is 13.1 Å². The van der Waals surface area contributed by atoms with Crippen LogP contribution in [0.5, 0.6) is 0 Å². The summed E-state index contributed by atoms with van der Waals surface area (Å²) >= 11 is 6.08. The summed E-state index contributed by atoms with van der Waals surface area (Å²) in [5.41, 5.74) is 6.70. The molecule has 4 nitrogen and oxygen atoms in total. The molecule has 110 valence electrons. The number of piperidine rings is 1. The summed E-state index contributed by atoms with van der Waals surface area (Å²) in [5, 5.41) is 0.658. The second kappa shape index (κ2) is 5.41. The van der Waals surface area contributed by atoms with E-state index in [1.54, 1.807) is 6.07 Å². The predicted molar refractivity (Wildman–Crippen MR) is 80.0 cm³/mol. The second-order valence-electron chi connectivity index (χ2n) is 6.17. The van der Waals surface area contributed by atoms with Crippen molar-refractivity contribution in [1.82, 2.24) is 9.47 Å². The van der Waals surface area contributed by atoms with E-state index in [4.69, 9.17) is 17.3 Å². The Hall–Kier alpha value is -1.00. The van der Waals surface area contributed by atoms with Crippen molar-refractivity contribution in [1.29, 1.82) is 0 Å². The largest absolute Gasteiger partial charge is 0.339 e.